The van der Waals surface area contributed by atoms with Crippen molar-refractivity contribution in [1.82, 2.24) is 4.90 Å². The van der Waals surface area contributed by atoms with Crippen LogP contribution in [0.1, 0.15) is 39.7 Å². The summed E-state index contributed by atoms with van der Waals surface area (Å²) in [4.78, 5) is 23.4. The maximum absolute atomic E-state index is 11.6. The van der Waals surface area contributed by atoms with E-state index in [-0.39, 0.29) is 11.9 Å². The van der Waals surface area contributed by atoms with Crippen LogP contribution in [0.3, 0.4) is 0 Å². The number of hydrogen-bond donors (Lipinski definition) is 1. The zero-order valence-electron chi connectivity index (χ0n) is 14.5. The minimum Gasteiger partial charge on any atom is -0.478 e. The third kappa shape index (κ3) is 8.61. The summed E-state index contributed by atoms with van der Waals surface area (Å²) in [6, 6.07) is 10.2. The van der Waals surface area contributed by atoms with Crippen LogP contribution in [0.15, 0.2) is 54.6 Å². The largest absolute Gasteiger partial charge is 0.478 e. The van der Waals surface area contributed by atoms with Gasteiger partial charge in [0.2, 0.25) is 5.91 Å². The molecule has 126 valence electrons. The quantitative estimate of drug-likeness (QED) is 0.806. The Bertz CT molecular complexity index is 533. The average Bonchev–Trinajstić information content (AvgIpc) is 2.53. The molecule has 1 aromatic carbocycles. The number of carboxylic acid groups (broad SMARTS) is 1. The van der Waals surface area contributed by atoms with Gasteiger partial charge >= 0.3 is 5.97 Å². The molecule has 0 saturated heterocycles. The lowest BCUT2D eigenvalue weighted by atomic mass is 10.2. The van der Waals surface area contributed by atoms with Crippen molar-refractivity contribution < 1.29 is 14.7 Å². The highest BCUT2D eigenvalue weighted by atomic mass is 16.4. The van der Waals surface area contributed by atoms with E-state index in [2.05, 4.69) is 6.58 Å². The van der Waals surface area contributed by atoms with Gasteiger partial charge in [-0.05, 0) is 38.8 Å². The monoisotopic (exact) mass is 317 g/mol. The molecule has 4 heteroatoms. The first-order valence-corrected chi connectivity index (χ1v) is 7.70. The second-order valence-electron chi connectivity index (χ2n) is 5.35. The van der Waals surface area contributed by atoms with Crippen molar-refractivity contribution in [3.05, 3.63) is 60.2 Å². The van der Waals surface area contributed by atoms with Gasteiger partial charge in [-0.15, -0.1) is 0 Å². The smallest absolute Gasteiger partial charge is 0.330 e. The summed E-state index contributed by atoms with van der Waals surface area (Å²) >= 11 is 0. The molecule has 0 radical (unpaired) electrons. The van der Waals surface area contributed by atoms with Crippen molar-refractivity contribution in [2.75, 3.05) is 0 Å². The Morgan fingerprint density at radius 1 is 1.26 bits per heavy atom. The second-order valence-corrected chi connectivity index (χ2v) is 5.35. The summed E-state index contributed by atoms with van der Waals surface area (Å²) < 4.78 is 0. The molecule has 4 nitrogen and oxygen atoms in total. The Kier molecular flexibility index (Phi) is 10.1. The maximum Gasteiger partial charge on any atom is 0.330 e. The number of benzene rings is 1. The van der Waals surface area contributed by atoms with Gasteiger partial charge in [0.1, 0.15) is 0 Å². The second kappa shape index (κ2) is 11.2. The highest BCUT2D eigenvalue weighted by Gasteiger charge is 2.13. The molecular weight excluding hydrogens is 290 g/mol. The zero-order chi connectivity index (χ0) is 17.8. The molecule has 0 atom stereocenters. The summed E-state index contributed by atoms with van der Waals surface area (Å²) in [5.74, 6) is -0.847. The molecule has 0 heterocycles. The highest BCUT2D eigenvalue weighted by Crippen LogP contribution is 2.08. The van der Waals surface area contributed by atoms with Crippen molar-refractivity contribution in [2.45, 2.75) is 46.7 Å². The molecule has 1 aromatic rings. The molecule has 0 unspecified atom stereocenters. The third-order valence-electron chi connectivity index (χ3n) is 3.12. The minimum absolute atomic E-state index is 0.0196. The number of carbonyl (C=O) groups is 2. The Labute approximate surface area is 139 Å². The van der Waals surface area contributed by atoms with E-state index < -0.39 is 5.97 Å². The molecule has 0 aromatic heterocycles. The molecule has 0 fully saturated rings. The predicted molar refractivity (Wildman–Crippen MR) is 94.0 cm³/mol. The van der Waals surface area contributed by atoms with E-state index in [4.69, 9.17) is 5.11 Å². The van der Waals surface area contributed by atoms with E-state index in [0.29, 0.717) is 12.1 Å². The van der Waals surface area contributed by atoms with Crippen LogP contribution in [0.5, 0.6) is 0 Å². The molecule has 0 saturated carbocycles. The van der Waals surface area contributed by atoms with Gasteiger partial charge in [-0.2, -0.15) is 0 Å². The van der Waals surface area contributed by atoms with Crippen LogP contribution in [-0.4, -0.2) is 27.9 Å². The molecule has 1 N–H and O–H groups in total. The topological polar surface area (TPSA) is 57.6 Å². The lowest BCUT2D eigenvalue weighted by Crippen LogP contribution is -2.34. The number of allylic oxidation sites excluding steroid dienone is 1. The molecule has 0 bridgehead atoms. The van der Waals surface area contributed by atoms with Crippen LogP contribution in [-0.2, 0) is 16.1 Å². The van der Waals surface area contributed by atoms with E-state index in [1.807, 2.05) is 51.1 Å². The Morgan fingerprint density at radius 2 is 1.83 bits per heavy atom. The minimum atomic E-state index is -0.827. The first kappa shape index (κ1) is 20.6. The first-order valence-electron chi connectivity index (χ1n) is 7.70. The van der Waals surface area contributed by atoms with E-state index in [1.165, 1.54) is 6.08 Å². The van der Waals surface area contributed by atoms with Gasteiger partial charge in [-0.25, -0.2) is 4.79 Å². The molecule has 1 rings (SSSR count). The number of amides is 1. The Balaban J connectivity index is 0.000000515. The summed E-state index contributed by atoms with van der Waals surface area (Å²) in [6.07, 6.45) is 3.84. The number of carboxylic acids is 1. The molecule has 0 aliphatic rings. The predicted octanol–water partition coefficient (Wildman–Crippen LogP) is 4.04. The van der Waals surface area contributed by atoms with Gasteiger partial charge in [0, 0.05) is 18.2 Å². The van der Waals surface area contributed by atoms with Crippen molar-refractivity contribution in [1.29, 1.82) is 0 Å². The number of carbonyl (C=O) groups excluding carboxylic acids is 1. The van der Waals surface area contributed by atoms with Gasteiger partial charge in [0.25, 0.3) is 0 Å². The Hall–Kier alpha value is -2.36. The highest BCUT2D eigenvalue weighted by molar-refractivity contribution is 5.87. The van der Waals surface area contributed by atoms with E-state index >= 15 is 0 Å². The number of hydrogen-bond acceptors (Lipinski definition) is 2. The summed E-state index contributed by atoms with van der Waals surface area (Å²) in [5.41, 5.74) is 1.56. The molecule has 0 spiro atoms. The number of nitrogens with zero attached hydrogens (tertiary/aromatic N) is 1. The van der Waals surface area contributed by atoms with Crippen molar-refractivity contribution in [3.8, 4) is 0 Å². The summed E-state index contributed by atoms with van der Waals surface area (Å²) in [6.45, 7) is 11.7. The lowest BCUT2D eigenvalue weighted by Gasteiger charge is -2.25. The van der Waals surface area contributed by atoms with Crippen LogP contribution < -0.4 is 0 Å². The normalized spacial score (nSPS) is 10.6. The molecule has 0 aliphatic heterocycles. The lowest BCUT2D eigenvalue weighted by molar-refractivity contribution is -0.132. The van der Waals surface area contributed by atoms with Crippen LogP contribution in [0.4, 0.5) is 0 Å². The van der Waals surface area contributed by atoms with E-state index in [1.54, 1.807) is 17.9 Å². The van der Waals surface area contributed by atoms with Crippen LogP contribution >= 0.6 is 0 Å². The fourth-order valence-electron chi connectivity index (χ4n) is 1.81. The van der Waals surface area contributed by atoms with Crippen molar-refractivity contribution >= 4 is 11.9 Å². The van der Waals surface area contributed by atoms with Crippen molar-refractivity contribution in [2.24, 2.45) is 0 Å². The average molecular weight is 317 g/mol. The summed E-state index contributed by atoms with van der Waals surface area (Å²) in [7, 11) is 0. The third-order valence-corrected chi connectivity index (χ3v) is 3.12. The van der Waals surface area contributed by atoms with E-state index in [9.17, 15) is 9.59 Å². The van der Waals surface area contributed by atoms with Gasteiger partial charge < -0.3 is 10.0 Å². The molecule has 0 aliphatic carbocycles. The number of rotatable bonds is 6. The summed E-state index contributed by atoms with van der Waals surface area (Å²) in [5, 5.41) is 8.24. The van der Waals surface area contributed by atoms with Gasteiger partial charge in [-0.1, -0.05) is 49.9 Å². The van der Waals surface area contributed by atoms with Crippen LogP contribution in [0.2, 0.25) is 0 Å². The molecular formula is C19H27NO3. The van der Waals surface area contributed by atoms with Gasteiger partial charge in [0.05, 0.1) is 0 Å². The maximum atomic E-state index is 11.6. The fraction of sp³-hybridized carbons (Fsp3) is 0.368. The van der Waals surface area contributed by atoms with Crippen LogP contribution in [0.25, 0.3) is 0 Å². The number of aliphatic carboxylic acids is 1. The fourth-order valence-corrected chi connectivity index (χ4v) is 1.81. The van der Waals surface area contributed by atoms with Gasteiger partial charge in [-0.3, -0.25) is 4.79 Å². The molecule has 23 heavy (non-hydrogen) atoms. The Morgan fingerprint density at radius 3 is 2.17 bits per heavy atom. The standard InChI is InChI=1S/C13H17NO.C6H10O2/c1-4-13(15)14(11(2)3)10-12-8-6-5-7-9-12;1-3-4-5(2)6(7)8/h4-9,11H,1,10H2,2-3H3;4H,3H2,1-2H3,(H,7,8)/b;5-4+. The van der Waals surface area contributed by atoms with Crippen molar-refractivity contribution in [3.63, 3.8) is 0 Å². The molecule has 1 amide bonds. The van der Waals surface area contributed by atoms with E-state index in [0.717, 1.165) is 12.0 Å². The SMILES string of the molecule is C=CC(=O)N(Cc1ccccc1)C(C)C.CC/C=C(\C)C(=O)O. The first-order chi connectivity index (χ1) is 10.8. The van der Waals surface area contributed by atoms with Crippen LogP contribution in [0, 0.1) is 0 Å². The zero-order valence-corrected chi connectivity index (χ0v) is 14.5. The van der Waals surface area contributed by atoms with Gasteiger partial charge in [0.15, 0.2) is 0 Å².